The third-order valence-corrected chi connectivity index (χ3v) is 3.69. The quantitative estimate of drug-likeness (QED) is 0.547. The Morgan fingerprint density at radius 2 is 1.76 bits per heavy atom. The Balaban J connectivity index is 1.88. The first-order valence-corrected chi connectivity index (χ1v) is 7.63. The monoisotopic (exact) mass is 336 g/mol. The highest BCUT2D eigenvalue weighted by molar-refractivity contribution is 6.06. The average molecular weight is 336 g/mol. The fourth-order valence-electron chi connectivity index (χ4n) is 2.59. The number of fused-ring (bicyclic) bond motifs is 1. The minimum Gasteiger partial charge on any atom is -0.307 e. The molecule has 3 aromatic rings. The lowest BCUT2D eigenvalue weighted by molar-refractivity contribution is -0.384. The van der Waals surface area contributed by atoms with Gasteiger partial charge in [0.15, 0.2) is 0 Å². The van der Waals surface area contributed by atoms with Crippen molar-refractivity contribution in [1.29, 1.82) is 0 Å². The van der Waals surface area contributed by atoms with Crippen molar-refractivity contribution in [2.75, 3.05) is 10.6 Å². The van der Waals surface area contributed by atoms with E-state index in [2.05, 4.69) is 15.6 Å². The van der Waals surface area contributed by atoms with Crippen LogP contribution in [0.2, 0.25) is 0 Å². The second-order valence-electron chi connectivity index (χ2n) is 5.69. The Labute approximate surface area is 143 Å². The first-order chi connectivity index (χ1) is 11.9. The normalized spacial score (nSPS) is 10.5. The number of para-hydroxylation sites is 1. The molecule has 0 aliphatic heterocycles. The summed E-state index contributed by atoms with van der Waals surface area (Å²) in [6.45, 7) is 3.59. The van der Waals surface area contributed by atoms with E-state index in [1.54, 1.807) is 19.1 Å². The van der Waals surface area contributed by atoms with Crippen LogP contribution < -0.4 is 10.6 Å². The molecule has 0 atom stereocenters. The highest BCUT2D eigenvalue weighted by Crippen LogP contribution is 2.26. The average Bonchev–Trinajstić information content (AvgIpc) is 2.56. The Morgan fingerprint density at radius 3 is 2.52 bits per heavy atom. The molecule has 0 aliphatic rings. The summed E-state index contributed by atoms with van der Waals surface area (Å²) in [5.74, 6) is 0. The number of pyridine rings is 1. The molecule has 25 heavy (non-hydrogen) atoms. The highest BCUT2D eigenvalue weighted by Gasteiger charge is 2.16. The number of amides is 2. The van der Waals surface area contributed by atoms with Crippen LogP contribution in [0.3, 0.4) is 0 Å². The molecule has 1 aromatic heterocycles. The van der Waals surface area contributed by atoms with Gasteiger partial charge in [0.05, 0.1) is 16.1 Å². The molecule has 0 spiro atoms. The van der Waals surface area contributed by atoms with Crippen molar-refractivity contribution in [3.8, 4) is 0 Å². The molecule has 0 bridgehead atoms. The molecule has 0 aliphatic carbocycles. The zero-order valence-electron chi connectivity index (χ0n) is 13.7. The third kappa shape index (κ3) is 3.55. The minimum atomic E-state index is -0.553. The molecule has 126 valence electrons. The number of carbonyl (C=O) groups is 1. The van der Waals surface area contributed by atoms with Gasteiger partial charge in [0.2, 0.25) is 0 Å². The standard InChI is InChI=1S/C18H16N4O3/c1-11-7-8-15(17(9-11)22(24)25)20-18(23)21-16-10-12(2)19-14-6-4-3-5-13(14)16/h3-10H,1-2H3,(H2,19,20,21,23). The zero-order chi connectivity index (χ0) is 18.0. The summed E-state index contributed by atoms with van der Waals surface area (Å²) >= 11 is 0. The number of rotatable bonds is 3. The summed E-state index contributed by atoms with van der Waals surface area (Å²) in [7, 11) is 0. The topological polar surface area (TPSA) is 97.2 Å². The largest absolute Gasteiger partial charge is 0.323 e. The van der Waals surface area contributed by atoms with Gasteiger partial charge >= 0.3 is 6.03 Å². The summed E-state index contributed by atoms with van der Waals surface area (Å²) in [5, 5.41) is 17.2. The maximum Gasteiger partial charge on any atom is 0.323 e. The number of nitrogens with one attached hydrogen (secondary N) is 2. The van der Waals surface area contributed by atoms with E-state index >= 15 is 0 Å². The van der Waals surface area contributed by atoms with Crippen LogP contribution in [0, 0.1) is 24.0 Å². The van der Waals surface area contributed by atoms with Crippen molar-refractivity contribution in [3.05, 3.63) is 69.9 Å². The Morgan fingerprint density at radius 1 is 1.04 bits per heavy atom. The number of aryl methyl sites for hydroxylation is 2. The molecule has 0 saturated heterocycles. The number of nitrogens with zero attached hydrogens (tertiary/aromatic N) is 2. The number of carbonyl (C=O) groups excluding carboxylic acids is 1. The number of hydrogen-bond donors (Lipinski definition) is 2. The number of aromatic nitrogens is 1. The molecule has 0 saturated carbocycles. The Kier molecular flexibility index (Phi) is 4.30. The van der Waals surface area contributed by atoms with Crippen LogP contribution in [0.5, 0.6) is 0 Å². The van der Waals surface area contributed by atoms with Crippen molar-refractivity contribution >= 4 is 34.0 Å². The lowest BCUT2D eigenvalue weighted by atomic mass is 10.1. The third-order valence-electron chi connectivity index (χ3n) is 3.69. The van der Waals surface area contributed by atoms with Gasteiger partial charge in [-0.1, -0.05) is 24.3 Å². The Bertz CT molecular complexity index is 985. The van der Waals surface area contributed by atoms with E-state index in [9.17, 15) is 14.9 Å². The predicted molar refractivity (Wildman–Crippen MR) is 97.0 cm³/mol. The van der Waals surface area contributed by atoms with Gasteiger partial charge in [-0.15, -0.1) is 0 Å². The first-order valence-electron chi connectivity index (χ1n) is 7.63. The maximum absolute atomic E-state index is 12.3. The minimum absolute atomic E-state index is 0.142. The highest BCUT2D eigenvalue weighted by atomic mass is 16.6. The molecule has 2 amide bonds. The molecule has 0 unspecified atom stereocenters. The second-order valence-corrected chi connectivity index (χ2v) is 5.69. The molecule has 7 heteroatoms. The van der Waals surface area contributed by atoms with Gasteiger partial charge in [0.25, 0.3) is 5.69 Å². The summed E-state index contributed by atoms with van der Waals surface area (Å²) in [5.41, 5.74) is 2.85. The van der Waals surface area contributed by atoms with Gasteiger partial charge in [-0.3, -0.25) is 15.1 Å². The van der Waals surface area contributed by atoms with Gasteiger partial charge in [0, 0.05) is 17.1 Å². The van der Waals surface area contributed by atoms with Crippen LogP contribution in [0.1, 0.15) is 11.3 Å². The lowest BCUT2D eigenvalue weighted by Gasteiger charge is -2.11. The second kappa shape index (κ2) is 6.56. The summed E-state index contributed by atoms with van der Waals surface area (Å²) in [6, 6.07) is 13.3. The van der Waals surface area contributed by atoms with Crippen LogP contribution in [0.4, 0.5) is 21.9 Å². The molecule has 3 rings (SSSR count). The molecule has 2 N–H and O–H groups in total. The molecule has 2 aromatic carbocycles. The lowest BCUT2D eigenvalue weighted by Crippen LogP contribution is -2.20. The zero-order valence-corrected chi connectivity index (χ0v) is 13.7. The number of nitro benzene ring substituents is 1. The molecule has 7 nitrogen and oxygen atoms in total. The van der Waals surface area contributed by atoms with Crippen molar-refractivity contribution in [2.24, 2.45) is 0 Å². The number of urea groups is 1. The van der Waals surface area contributed by atoms with Crippen LogP contribution in [-0.4, -0.2) is 15.9 Å². The molecular formula is C18H16N4O3. The van der Waals surface area contributed by atoms with Gasteiger partial charge in [-0.25, -0.2) is 4.79 Å². The number of hydrogen-bond acceptors (Lipinski definition) is 4. The SMILES string of the molecule is Cc1ccc(NC(=O)Nc2cc(C)nc3ccccc23)c([N+](=O)[O-])c1. The summed E-state index contributed by atoms with van der Waals surface area (Å²) in [6.07, 6.45) is 0. The van der Waals surface area contributed by atoms with E-state index in [4.69, 9.17) is 0 Å². The van der Waals surface area contributed by atoms with E-state index in [-0.39, 0.29) is 11.4 Å². The van der Waals surface area contributed by atoms with Crippen LogP contribution >= 0.6 is 0 Å². The fourth-order valence-corrected chi connectivity index (χ4v) is 2.59. The smallest absolute Gasteiger partial charge is 0.307 e. The van der Waals surface area contributed by atoms with Crippen molar-refractivity contribution in [1.82, 2.24) is 4.98 Å². The van der Waals surface area contributed by atoms with Gasteiger partial charge in [-0.05, 0) is 37.6 Å². The van der Waals surface area contributed by atoms with Gasteiger partial charge < -0.3 is 10.6 Å². The number of benzene rings is 2. The predicted octanol–water partition coefficient (Wildman–Crippen LogP) is 4.40. The maximum atomic E-state index is 12.3. The van der Waals surface area contributed by atoms with Crippen LogP contribution in [0.15, 0.2) is 48.5 Å². The first kappa shape index (κ1) is 16.4. The van der Waals surface area contributed by atoms with E-state index in [1.807, 2.05) is 31.2 Å². The summed E-state index contributed by atoms with van der Waals surface area (Å²) in [4.78, 5) is 27.4. The van der Waals surface area contributed by atoms with Crippen molar-refractivity contribution in [3.63, 3.8) is 0 Å². The molecular weight excluding hydrogens is 320 g/mol. The Hall–Kier alpha value is -3.48. The van der Waals surface area contributed by atoms with Gasteiger partial charge in [-0.2, -0.15) is 0 Å². The molecule has 0 radical (unpaired) electrons. The number of anilines is 2. The van der Waals surface area contributed by atoms with E-state index < -0.39 is 11.0 Å². The fraction of sp³-hybridized carbons (Fsp3) is 0.111. The van der Waals surface area contributed by atoms with E-state index in [0.29, 0.717) is 5.69 Å². The van der Waals surface area contributed by atoms with E-state index in [1.165, 1.54) is 12.1 Å². The number of nitro groups is 1. The van der Waals surface area contributed by atoms with Crippen molar-refractivity contribution in [2.45, 2.75) is 13.8 Å². The molecule has 0 fully saturated rings. The molecule has 1 heterocycles. The van der Waals surface area contributed by atoms with Gasteiger partial charge in [0.1, 0.15) is 5.69 Å². The van der Waals surface area contributed by atoms with Crippen molar-refractivity contribution < 1.29 is 9.72 Å². The van der Waals surface area contributed by atoms with Crippen LogP contribution in [0.25, 0.3) is 10.9 Å². The van der Waals surface area contributed by atoms with E-state index in [0.717, 1.165) is 22.2 Å². The summed E-state index contributed by atoms with van der Waals surface area (Å²) < 4.78 is 0. The van der Waals surface area contributed by atoms with Crippen LogP contribution in [-0.2, 0) is 0 Å².